The Labute approximate surface area is 142 Å². The number of rotatable bonds is 6. The maximum absolute atomic E-state index is 13.4. The van der Waals surface area contributed by atoms with E-state index in [1.54, 1.807) is 6.07 Å². The quantitative estimate of drug-likeness (QED) is 0.802. The number of unbranched alkanes of at least 4 members (excludes halogenated alkanes) is 1. The zero-order chi connectivity index (χ0) is 15.1. The first-order valence-corrected chi connectivity index (χ1v) is 8.86. The number of benzene rings is 1. The van der Waals surface area contributed by atoms with E-state index in [-0.39, 0.29) is 30.2 Å². The second-order valence-electron chi connectivity index (χ2n) is 5.31. The Morgan fingerprint density at radius 2 is 2.27 bits per heavy atom. The number of amides is 1. The Kier molecular flexibility index (Phi) is 8.83. The fourth-order valence-corrected chi connectivity index (χ4v) is 3.17. The summed E-state index contributed by atoms with van der Waals surface area (Å²) < 4.78 is 13.4. The van der Waals surface area contributed by atoms with Crippen LogP contribution in [0, 0.1) is 5.82 Å². The number of carbonyl (C=O) groups excluding carboxylic acids is 1. The molecular weight excluding hydrogens is 323 g/mol. The third-order valence-electron chi connectivity index (χ3n) is 3.79. The van der Waals surface area contributed by atoms with Crippen molar-refractivity contribution in [2.75, 3.05) is 31.6 Å². The molecule has 1 aromatic carbocycles. The van der Waals surface area contributed by atoms with E-state index in [1.807, 2.05) is 22.7 Å². The molecule has 0 radical (unpaired) electrons. The van der Waals surface area contributed by atoms with Crippen molar-refractivity contribution in [2.24, 2.45) is 0 Å². The van der Waals surface area contributed by atoms with Crippen molar-refractivity contribution in [3.05, 3.63) is 35.6 Å². The number of halogens is 2. The fraction of sp³-hybridized carbons (Fsp3) is 0.562. The molecule has 1 fully saturated rings. The highest BCUT2D eigenvalue weighted by molar-refractivity contribution is 7.98. The van der Waals surface area contributed by atoms with Gasteiger partial charge in [0, 0.05) is 26.1 Å². The maximum atomic E-state index is 13.4. The minimum absolute atomic E-state index is 0. The molecule has 1 atom stereocenters. The molecule has 1 aliphatic rings. The van der Waals surface area contributed by atoms with E-state index in [0.29, 0.717) is 19.5 Å². The Hall–Kier alpha value is -0.780. The first kappa shape index (κ1) is 19.3. The SMILES string of the molecule is CSCCCCC(=O)N1CCNCC1c1cccc(F)c1.Cl. The summed E-state index contributed by atoms with van der Waals surface area (Å²) in [6, 6.07) is 6.53. The lowest BCUT2D eigenvalue weighted by atomic mass is 10.0. The number of nitrogens with one attached hydrogen (secondary N) is 1. The molecule has 0 bridgehead atoms. The van der Waals surface area contributed by atoms with E-state index >= 15 is 0 Å². The molecule has 2 rings (SSSR count). The van der Waals surface area contributed by atoms with Crippen LogP contribution in [0.15, 0.2) is 24.3 Å². The number of nitrogens with zero attached hydrogens (tertiary/aromatic N) is 1. The van der Waals surface area contributed by atoms with Crippen LogP contribution in [-0.4, -0.2) is 42.4 Å². The van der Waals surface area contributed by atoms with Crippen LogP contribution in [-0.2, 0) is 4.79 Å². The lowest BCUT2D eigenvalue weighted by molar-refractivity contribution is -0.134. The summed E-state index contributed by atoms with van der Waals surface area (Å²) >= 11 is 1.81. The van der Waals surface area contributed by atoms with Crippen molar-refractivity contribution < 1.29 is 9.18 Å². The Balaban J connectivity index is 0.00000242. The molecule has 1 N–H and O–H groups in total. The van der Waals surface area contributed by atoms with Crippen LogP contribution in [0.2, 0.25) is 0 Å². The van der Waals surface area contributed by atoms with Crippen molar-refractivity contribution >= 4 is 30.1 Å². The predicted molar refractivity (Wildman–Crippen MR) is 93.2 cm³/mol. The maximum Gasteiger partial charge on any atom is 0.223 e. The Morgan fingerprint density at radius 1 is 1.45 bits per heavy atom. The third kappa shape index (κ3) is 5.45. The normalized spacial score (nSPS) is 17.9. The van der Waals surface area contributed by atoms with E-state index in [2.05, 4.69) is 11.6 Å². The zero-order valence-electron chi connectivity index (χ0n) is 12.9. The molecule has 124 valence electrons. The van der Waals surface area contributed by atoms with Crippen LogP contribution in [0.4, 0.5) is 4.39 Å². The van der Waals surface area contributed by atoms with Crippen LogP contribution in [0.25, 0.3) is 0 Å². The van der Waals surface area contributed by atoms with E-state index in [4.69, 9.17) is 0 Å². The van der Waals surface area contributed by atoms with Gasteiger partial charge in [-0.1, -0.05) is 12.1 Å². The summed E-state index contributed by atoms with van der Waals surface area (Å²) in [4.78, 5) is 14.3. The van der Waals surface area contributed by atoms with Crippen LogP contribution in [0.1, 0.15) is 30.9 Å². The van der Waals surface area contributed by atoms with Crippen molar-refractivity contribution in [3.63, 3.8) is 0 Å². The zero-order valence-corrected chi connectivity index (χ0v) is 14.5. The molecule has 1 unspecified atom stereocenters. The van der Waals surface area contributed by atoms with E-state index in [0.717, 1.165) is 30.7 Å². The van der Waals surface area contributed by atoms with Gasteiger partial charge in [0.05, 0.1) is 6.04 Å². The number of piperazine rings is 1. The molecular formula is C16H24ClFN2OS. The fourth-order valence-electron chi connectivity index (χ4n) is 2.68. The van der Waals surface area contributed by atoms with E-state index in [9.17, 15) is 9.18 Å². The summed E-state index contributed by atoms with van der Waals surface area (Å²) in [6.45, 7) is 2.20. The molecule has 1 amide bonds. The average molecular weight is 347 g/mol. The minimum Gasteiger partial charge on any atom is -0.333 e. The molecule has 3 nitrogen and oxygen atoms in total. The van der Waals surface area contributed by atoms with Crippen LogP contribution in [0.3, 0.4) is 0 Å². The van der Waals surface area contributed by atoms with Gasteiger partial charge in [-0.3, -0.25) is 4.79 Å². The van der Waals surface area contributed by atoms with Gasteiger partial charge in [0.2, 0.25) is 5.91 Å². The van der Waals surface area contributed by atoms with Gasteiger partial charge < -0.3 is 10.2 Å². The van der Waals surface area contributed by atoms with Gasteiger partial charge in [-0.25, -0.2) is 4.39 Å². The largest absolute Gasteiger partial charge is 0.333 e. The smallest absolute Gasteiger partial charge is 0.223 e. The summed E-state index contributed by atoms with van der Waals surface area (Å²) in [7, 11) is 0. The van der Waals surface area contributed by atoms with Crippen LogP contribution in [0.5, 0.6) is 0 Å². The number of thioether (sulfide) groups is 1. The third-order valence-corrected chi connectivity index (χ3v) is 4.48. The molecule has 0 spiro atoms. The van der Waals surface area contributed by atoms with Crippen molar-refractivity contribution in [1.82, 2.24) is 10.2 Å². The first-order chi connectivity index (χ1) is 10.2. The van der Waals surface area contributed by atoms with Crippen molar-refractivity contribution in [1.29, 1.82) is 0 Å². The lowest BCUT2D eigenvalue weighted by Crippen LogP contribution is -2.48. The van der Waals surface area contributed by atoms with Gasteiger partial charge in [-0.2, -0.15) is 11.8 Å². The molecule has 1 aliphatic heterocycles. The Bertz CT molecular complexity index is 475. The standard InChI is InChI=1S/C16H23FN2OS.ClH/c1-21-10-3-2-7-16(20)19-9-8-18-12-15(19)13-5-4-6-14(17)11-13;/h4-6,11,15,18H,2-3,7-10,12H2,1H3;1H. The van der Waals surface area contributed by atoms with Crippen molar-refractivity contribution in [2.45, 2.75) is 25.3 Å². The molecule has 22 heavy (non-hydrogen) atoms. The van der Waals surface area contributed by atoms with Crippen molar-refractivity contribution in [3.8, 4) is 0 Å². The van der Waals surface area contributed by atoms with E-state index in [1.165, 1.54) is 12.1 Å². The van der Waals surface area contributed by atoms with Gasteiger partial charge in [-0.05, 0) is 42.5 Å². The van der Waals surface area contributed by atoms with Crippen LogP contribution < -0.4 is 5.32 Å². The highest BCUT2D eigenvalue weighted by Crippen LogP contribution is 2.24. The van der Waals surface area contributed by atoms with E-state index < -0.39 is 0 Å². The number of hydrogen-bond acceptors (Lipinski definition) is 3. The second-order valence-corrected chi connectivity index (χ2v) is 6.30. The summed E-state index contributed by atoms with van der Waals surface area (Å²) in [5.74, 6) is 1.04. The topological polar surface area (TPSA) is 32.3 Å². The minimum atomic E-state index is -0.245. The summed E-state index contributed by atoms with van der Waals surface area (Å²) in [5, 5.41) is 3.29. The van der Waals surface area contributed by atoms with Gasteiger partial charge in [-0.15, -0.1) is 12.4 Å². The molecule has 6 heteroatoms. The number of hydrogen-bond donors (Lipinski definition) is 1. The highest BCUT2D eigenvalue weighted by atomic mass is 35.5. The molecule has 1 aromatic rings. The van der Waals surface area contributed by atoms with Gasteiger partial charge >= 0.3 is 0 Å². The number of carbonyl (C=O) groups is 1. The van der Waals surface area contributed by atoms with Crippen LogP contribution >= 0.6 is 24.2 Å². The van der Waals surface area contributed by atoms with Gasteiger partial charge in [0.1, 0.15) is 5.82 Å². The first-order valence-electron chi connectivity index (χ1n) is 7.47. The summed E-state index contributed by atoms with van der Waals surface area (Å²) in [5.41, 5.74) is 0.875. The van der Waals surface area contributed by atoms with Gasteiger partial charge in [0.25, 0.3) is 0 Å². The molecule has 0 aromatic heterocycles. The molecule has 1 saturated heterocycles. The van der Waals surface area contributed by atoms with Gasteiger partial charge in [0.15, 0.2) is 0 Å². The monoisotopic (exact) mass is 346 g/mol. The average Bonchev–Trinajstić information content (AvgIpc) is 2.51. The second kappa shape index (κ2) is 10.1. The predicted octanol–water partition coefficient (Wildman–Crippen LogP) is 3.25. The molecule has 0 aliphatic carbocycles. The highest BCUT2D eigenvalue weighted by Gasteiger charge is 2.27. The summed E-state index contributed by atoms with van der Waals surface area (Å²) in [6.07, 6.45) is 4.67. The molecule has 0 saturated carbocycles. The Morgan fingerprint density at radius 3 is 3.00 bits per heavy atom. The molecule has 1 heterocycles. The lowest BCUT2D eigenvalue weighted by Gasteiger charge is -2.36.